The molecule has 0 radical (unpaired) electrons. The lowest BCUT2D eigenvalue weighted by Crippen LogP contribution is -2.62. The Morgan fingerprint density at radius 3 is 2.23 bits per heavy atom. The number of methoxy groups -OCH3 is 2. The Hall–Kier alpha value is -2.94. The van der Waals surface area contributed by atoms with E-state index in [2.05, 4.69) is 24.2 Å². The minimum absolute atomic E-state index is 0.0501. The lowest BCUT2D eigenvalue weighted by atomic mass is 9.80. The van der Waals surface area contributed by atoms with E-state index in [1.165, 1.54) is 0 Å². The molecule has 2 rings (SSSR count). The molecule has 1 N–H and O–H groups in total. The standard InChI is InChI=1S/C34H52N2O8/c1-7-10-28-25-31(38)36(26-27-11-13-29(39-5)14-12-27)32(28)33(34(4,40-6)16-8-2)35-30(37)15-18-42-20-22-44-24-23-43-21-19-41-17-9-3/h3,7,10-14,28,32-33H,8,15-26H2,1-2,4-6H3,(H,35,37)/b10-7-/t28-,32-,33-,34+/m1/s1. The van der Waals surface area contributed by atoms with E-state index in [4.69, 9.17) is 34.8 Å². The molecule has 0 bridgehead atoms. The highest BCUT2D eigenvalue weighted by Gasteiger charge is 2.50. The molecule has 44 heavy (non-hydrogen) atoms. The number of ether oxygens (including phenoxy) is 6. The van der Waals surface area contributed by atoms with Crippen molar-refractivity contribution < 1.29 is 38.0 Å². The van der Waals surface area contributed by atoms with Gasteiger partial charge in [-0.1, -0.05) is 43.5 Å². The molecule has 0 aromatic heterocycles. The molecule has 1 heterocycles. The largest absolute Gasteiger partial charge is 0.497 e. The molecule has 1 aliphatic rings. The van der Waals surface area contributed by atoms with Gasteiger partial charge in [0.05, 0.1) is 71.0 Å². The minimum atomic E-state index is -0.693. The summed E-state index contributed by atoms with van der Waals surface area (Å²) in [5, 5.41) is 3.26. The number of nitrogens with zero attached hydrogens (tertiary/aromatic N) is 1. The van der Waals surface area contributed by atoms with Crippen LogP contribution in [-0.4, -0.2) is 101 Å². The van der Waals surface area contributed by atoms with Crippen molar-refractivity contribution in [3.63, 3.8) is 0 Å². The molecule has 0 unspecified atom stereocenters. The Morgan fingerprint density at radius 2 is 1.68 bits per heavy atom. The molecule has 1 fully saturated rings. The van der Waals surface area contributed by atoms with Gasteiger partial charge in [0.2, 0.25) is 11.8 Å². The van der Waals surface area contributed by atoms with Crippen molar-refractivity contribution in [1.29, 1.82) is 0 Å². The summed E-state index contributed by atoms with van der Waals surface area (Å²) in [6.07, 6.45) is 11.3. The van der Waals surface area contributed by atoms with E-state index >= 15 is 0 Å². The van der Waals surface area contributed by atoms with Crippen molar-refractivity contribution >= 4 is 11.8 Å². The van der Waals surface area contributed by atoms with Crippen molar-refractivity contribution in [3.05, 3.63) is 42.0 Å². The van der Waals surface area contributed by atoms with Crippen molar-refractivity contribution in [2.75, 3.05) is 67.1 Å². The average Bonchev–Trinajstić information content (AvgIpc) is 3.32. The number of allylic oxidation sites excluding steroid dienone is 1. The van der Waals surface area contributed by atoms with Crippen LogP contribution >= 0.6 is 0 Å². The summed E-state index contributed by atoms with van der Waals surface area (Å²) in [6.45, 7) is 9.58. The van der Waals surface area contributed by atoms with E-state index in [1.54, 1.807) is 14.2 Å². The number of rotatable bonds is 23. The molecule has 0 saturated carbocycles. The van der Waals surface area contributed by atoms with Gasteiger partial charge in [-0.3, -0.25) is 9.59 Å². The van der Waals surface area contributed by atoms with Crippen molar-refractivity contribution in [3.8, 4) is 18.1 Å². The Bertz CT molecular complexity index is 1040. The summed E-state index contributed by atoms with van der Waals surface area (Å²) >= 11 is 0. The van der Waals surface area contributed by atoms with E-state index in [0.29, 0.717) is 59.0 Å². The van der Waals surface area contributed by atoms with Gasteiger partial charge >= 0.3 is 0 Å². The zero-order valence-corrected chi connectivity index (χ0v) is 27.2. The van der Waals surface area contributed by atoms with Crippen LogP contribution in [0.2, 0.25) is 0 Å². The predicted octanol–water partition coefficient (Wildman–Crippen LogP) is 3.77. The highest BCUT2D eigenvalue weighted by atomic mass is 16.6. The molecule has 1 aliphatic heterocycles. The number of likely N-dealkylation sites (tertiary alicyclic amines) is 1. The number of carbonyl (C=O) groups is 2. The van der Waals surface area contributed by atoms with Crippen LogP contribution in [0.1, 0.15) is 52.0 Å². The first kappa shape index (κ1) is 37.2. The van der Waals surface area contributed by atoms with Crippen LogP contribution in [0, 0.1) is 18.3 Å². The topological polar surface area (TPSA) is 105 Å². The Kier molecular flexibility index (Phi) is 17.7. The summed E-state index contributed by atoms with van der Waals surface area (Å²) < 4.78 is 33.1. The summed E-state index contributed by atoms with van der Waals surface area (Å²) in [7, 11) is 3.30. The maximum atomic E-state index is 13.4. The molecule has 246 valence electrons. The maximum absolute atomic E-state index is 13.4. The highest BCUT2D eigenvalue weighted by Crippen LogP contribution is 2.37. The zero-order valence-electron chi connectivity index (χ0n) is 27.2. The smallest absolute Gasteiger partial charge is 0.223 e. The normalized spacial score (nSPS) is 18.7. The number of amides is 2. The van der Waals surface area contributed by atoms with Crippen LogP contribution in [0.5, 0.6) is 5.75 Å². The first-order valence-corrected chi connectivity index (χ1v) is 15.5. The van der Waals surface area contributed by atoms with Gasteiger partial charge < -0.3 is 38.6 Å². The van der Waals surface area contributed by atoms with E-state index in [0.717, 1.165) is 17.7 Å². The lowest BCUT2D eigenvalue weighted by Gasteiger charge is -2.44. The predicted molar refractivity (Wildman–Crippen MR) is 169 cm³/mol. The van der Waals surface area contributed by atoms with Crippen LogP contribution in [0.4, 0.5) is 0 Å². The fourth-order valence-corrected chi connectivity index (χ4v) is 5.50. The molecule has 1 aromatic carbocycles. The van der Waals surface area contributed by atoms with Crippen LogP contribution in [0.15, 0.2) is 36.4 Å². The van der Waals surface area contributed by atoms with Gasteiger partial charge in [-0.05, 0) is 38.0 Å². The molecular formula is C34H52N2O8. The number of hydrogen-bond acceptors (Lipinski definition) is 8. The van der Waals surface area contributed by atoms with E-state index in [-0.39, 0.29) is 43.4 Å². The first-order chi connectivity index (χ1) is 21.3. The number of terminal acetylenes is 1. The number of benzene rings is 1. The van der Waals surface area contributed by atoms with Crippen molar-refractivity contribution in [1.82, 2.24) is 10.2 Å². The number of hydrogen-bond donors (Lipinski definition) is 1. The van der Waals surface area contributed by atoms with Gasteiger partial charge in [0, 0.05) is 32.4 Å². The Morgan fingerprint density at radius 1 is 1.07 bits per heavy atom. The molecule has 10 heteroatoms. The Labute approximate surface area is 263 Å². The minimum Gasteiger partial charge on any atom is -0.497 e. The van der Waals surface area contributed by atoms with Gasteiger partial charge in [-0.25, -0.2) is 0 Å². The van der Waals surface area contributed by atoms with Crippen LogP contribution in [0.25, 0.3) is 0 Å². The second-order valence-corrected chi connectivity index (χ2v) is 10.9. The van der Waals surface area contributed by atoms with Crippen LogP contribution < -0.4 is 10.1 Å². The van der Waals surface area contributed by atoms with Gasteiger partial charge in [-0.2, -0.15) is 0 Å². The molecule has 0 aliphatic carbocycles. The quantitative estimate of drug-likeness (QED) is 0.113. The first-order valence-electron chi connectivity index (χ1n) is 15.5. The molecule has 1 saturated heterocycles. The molecule has 2 amide bonds. The summed E-state index contributed by atoms with van der Waals surface area (Å²) in [4.78, 5) is 28.6. The molecule has 1 aromatic rings. The van der Waals surface area contributed by atoms with E-state index in [1.807, 2.05) is 49.1 Å². The summed E-state index contributed by atoms with van der Waals surface area (Å²) in [5.74, 6) is 2.98. The van der Waals surface area contributed by atoms with E-state index in [9.17, 15) is 9.59 Å². The second-order valence-electron chi connectivity index (χ2n) is 10.9. The summed E-state index contributed by atoms with van der Waals surface area (Å²) in [5.41, 5.74) is 0.295. The van der Waals surface area contributed by atoms with Crippen LogP contribution in [0.3, 0.4) is 0 Å². The highest BCUT2D eigenvalue weighted by molar-refractivity contribution is 5.81. The van der Waals surface area contributed by atoms with Gasteiger partial charge in [0.1, 0.15) is 12.4 Å². The Balaban J connectivity index is 2.00. The van der Waals surface area contributed by atoms with Gasteiger partial charge in [0.15, 0.2) is 0 Å². The monoisotopic (exact) mass is 616 g/mol. The van der Waals surface area contributed by atoms with Gasteiger partial charge in [0.25, 0.3) is 0 Å². The number of nitrogens with one attached hydrogen (secondary N) is 1. The SMILES string of the molecule is C#CCOCCOCCOCCOCCC(=O)N[C@H]([C@H]1[C@H](/C=C\C)CC(=O)N1Cc1ccc(OC)cc1)[C@](C)(CCC)OC. The molecule has 4 atom stereocenters. The van der Waals surface area contributed by atoms with Crippen molar-refractivity contribution in [2.45, 2.75) is 70.7 Å². The summed E-state index contributed by atoms with van der Waals surface area (Å²) in [6, 6.07) is 6.98. The van der Waals surface area contributed by atoms with Gasteiger partial charge in [-0.15, -0.1) is 6.42 Å². The third-order valence-electron chi connectivity index (χ3n) is 7.78. The lowest BCUT2D eigenvalue weighted by molar-refractivity contribution is -0.135. The van der Waals surface area contributed by atoms with Crippen LogP contribution in [-0.2, 0) is 39.8 Å². The maximum Gasteiger partial charge on any atom is 0.223 e. The third-order valence-corrected chi connectivity index (χ3v) is 7.78. The van der Waals surface area contributed by atoms with Crippen molar-refractivity contribution in [2.24, 2.45) is 5.92 Å². The fraction of sp³-hybridized carbons (Fsp3) is 0.647. The molecule has 0 spiro atoms. The zero-order chi connectivity index (χ0) is 32.2. The second kappa shape index (κ2) is 20.9. The average molecular weight is 617 g/mol. The fourth-order valence-electron chi connectivity index (χ4n) is 5.50. The third kappa shape index (κ3) is 12.2. The molecular weight excluding hydrogens is 564 g/mol. The number of carbonyl (C=O) groups excluding carboxylic acids is 2. The van der Waals surface area contributed by atoms with E-state index < -0.39 is 11.6 Å². The molecule has 10 nitrogen and oxygen atoms in total.